The van der Waals surface area contributed by atoms with Gasteiger partial charge in [0.15, 0.2) is 5.82 Å². The molecule has 0 aliphatic carbocycles. The fourth-order valence-electron chi connectivity index (χ4n) is 3.20. The van der Waals surface area contributed by atoms with Crippen LogP contribution in [0, 0.1) is 5.92 Å². The van der Waals surface area contributed by atoms with Crippen molar-refractivity contribution in [1.29, 1.82) is 0 Å². The van der Waals surface area contributed by atoms with Crippen LogP contribution in [-0.2, 0) is 11.0 Å². The average molecular weight is 444 g/mol. The van der Waals surface area contributed by atoms with Crippen molar-refractivity contribution in [3.63, 3.8) is 0 Å². The Kier molecular flexibility index (Phi) is 6.35. The van der Waals surface area contributed by atoms with Gasteiger partial charge in [-0.05, 0) is 25.0 Å². The first-order chi connectivity index (χ1) is 14.1. The molecule has 1 saturated heterocycles. The van der Waals surface area contributed by atoms with Crippen molar-refractivity contribution >= 4 is 23.2 Å². The molecule has 2 aromatic rings. The molecule has 1 fully saturated rings. The van der Waals surface area contributed by atoms with Gasteiger partial charge in [-0.25, -0.2) is 4.98 Å². The number of aromatic nitrogens is 3. The summed E-state index contributed by atoms with van der Waals surface area (Å²) >= 11 is 6.18. The summed E-state index contributed by atoms with van der Waals surface area (Å²) in [6.07, 6.45) is -1.16. The molecule has 2 aromatic heterocycles. The lowest BCUT2D eigenvalue weighted by molar-refractivity contribution is -0.138. The molecule has 0 saturated carbocycles. The van der Waals surface area contributed by atoms with Crippen LogP contribution in [0.15, 0.2) is 29.3 Å². The number of anilines is 1. The van der Waals surface area contributed by atoms with Gasteiger partial charge in [0, 0.05) is 31.2 Å². The zero-order valence-corrected chi connectivity index (χ0v) is 17.2. The molecule has 3 heterocycles. The van der Waals surface area contributed by atoms with Gasteiger partial charge in [-0.2, -0.15) is 23.0 Å². The third-order valence-electron chi connectivity index (χ3n) is 4.87. The third-order valence-corrected chi connectivity index (χ3v) is 5.24. The molecule has 0 atom stereocenters. The lowest BCUT2D eigenvalue weighted by atomic mass is 10.0. The van der Waals surface area contributed by atoms with Crippen molar-refractivity contribution in [2.24, 2.45) is 5.92 Å². The van der Waals surface area contributed by atoms with E-state index < -0.39 is 17.3 Å². The number of hydrogen-bond donors (Lipinski definition) is 1. The Hall–Kier alpha value is -2.62. The number of hydrogen-bond acceptors (Lipinski definition) is 5. The smallest absolute Gasteiger partial charge is 0.380 e. The van der Waals surface area contributed by atoms with Crippen LogP contribution < -0.4 is 10.9 Å². The molecule has 0 radical (unpaired) electrons. The standard InChI is InChI=1S/C19H21ClF3N5O2/c1-11(2)17(29)27-7-5-13(6-8-27)26-14-10-25-28(18(30)16(14)20)15-4-3-12(9-24-15)19(21,22)23/h3-4,9-11,13,26H,5-8H2,1-2H3. The van der Waals surface area contributed by atoms with Gasteiger partial charge in [-0.1, -0.05) is 25.4 Å². The molecule has 3 rings (SSSR count). The fraction of sp³-hybridized carbons (Fsp3) is 0.474. The van der Waals surface area contributed by atoms with Crippen LogP contribution in [0.4, 0.5) is 18.9 Å². The Labute approximate surface area is 175 Å². The highest BCUT2D eigenvalue weighted by molar-refractivity contribution is 6.32. The van der Waals surface area contributed by atoms with Crippen LogP contribution in [0.25, 0.3) is 5.82 Å². The topological polar surface area (TPSA) is 80.1 Å². The van der Waals surface area contributed by atoms with Gasteiger partial charge >= 0.3 is 6.18 Å². The highest BCUT2D eigenvalue weighted by Crippen LogP contribution is 2.28. The Morgan fingerprint density at radius 1 is 1.23 bits per heavy atom. The van der Waals surface area contributed by atoms with E-state index >= 15 is 0 Å². The van der Waals surface area contributed by atoms with E-state index in [0.29, 0.717) is 37.8 Å². The summed E-state index contributed by atoms with van der Waals surface area (Å²) in [6, 6.07) is 1.89. The first-order valence-electron chi connectivity index (χ1n) is 9.44. The summed E-state index contributed by atoms with van der Waals surface area (Å²) < 4.78 is 38.9. The van der Waals surface area contributed by atoms with Crippen molar-refractivity contribution in [1.82, 2.24) is 19.7 Å². The molecule has 11 heteroatoms. The number of carbonyl (C=O) groups is 1. The summed E-state index contributed by atoms with van der Waals surface area (Å²) in [4.78, 5) is 30.1. The van der Waals surface area contributed by atoms with Gasteiger partial charge in [-0.15, -0.1) is 0 Å². The van der Waals surface area contributed by atoms with Gasteiger partial charge in [-0.3, -0.25) is 9.59 Å². The van der Waals surface area contributed by atoms with Crippen molar-refractivity contribution < 1.29 is 18.0 Å². The molecule has 7 nitrogen and oxygen atoms in total. The SMILES string of the molecule is CC(C)C(=O)N1CCC(Nc2cnn(-c3ccc(C(F)(F)F)cn3)c(=O)c2Cl)CC1. The molecule has 1 amide bonds. The number of nitrogens with zero attached hydrogens (tertiary/aromatic N) is 4. The van der Waals surface area contributed by atoms with Gasteiger partial charge < -0.3 is 10.2 Å². The Balaban J connectivity index is 1.72. The van der Waals surface area contributed by atoms with Crippen LogP contribution in [0.1, 0.15) is 32.3 Å². The second-order valence-electron chi connectivity index (χ2n) is 7.39. The second-order valence-corrected chi connectivity index (χ2v) is 7.77. The summed E-state index contributed by atoms with van der Waals surface area (Å²) in [5.74, 6) is -0.0127. The minimum absolute atomic E-state index is 0.0138. The Morgan fingerprint density at radius 2 is 1.90 bits per heavy atom. The zero-order valence-electron chi connectivity index (χ0n) is 16.4. The van der Waals surface area contributed by atoms with Gasteiger partial charge in [0.05, 0.1) is 17.4 Å². The summed E-state index contributed by atoms with van der Waals surface area (Å²) in [5.41, 5.74) is -1.29. The van der Waals surface area contributed by atoms with Gasteiger partial charge in [0.1, 0.15) is 5.02 Å². The first-order valence-corrected chi connectivity index (χ1v) is 9.82. The van der Waals surface area contributed by atoms with Crippen LogP contribution >= 0.6 is 11.6 Å². The van der Waals surface area contributed by atoms with E-state index in [0.717, 1.165) is 16.8 Å². The van der Waals surface area contributed by atoms with Crippen LogP contribution in [0.2, 0.25) is 5.02 Å². The van der Waals surface area contributed by atoms with E-state index in [1.165, 1.54) is 6.20 Å². The van der Waals surface area contributed by atoms with Crippen molar-refractivity contribution in [3.8, 4) is 5.82 Å². The van der Waals surface area contributed by atoms with E-state index in [2.05, 4.69) is 15.4 Å². The molecule has 0 unspecified atom stereocenters. The quantitative estimate of drug-likeness (QED) is 0.783. The van der Waals surface area contributed by atoms with E-state index in [1.54, 1.807) is 0 Å². The maximum Gasteiger partial charge on any atom is 0.417 e. The maximum atomic E-state index is 12.7. The number of amides is 1. The van der Waals surface area contributed by atoms with E-state index in [4.69, 9.17) is 11.6 Å². The molecule has 0 bridgehead atoms. The molecule has 1 aliphatic rings. The number of halogens is 4. The van der Waals surface area contributed by atoms with Gasteiger partial charge in [0.25, 0.3) is 5.56 Å². The Morgan fingerprint density at radius 3 is 2.43 bits per heavy atom. The highest BCUT2D eigenvalue weighted by atomic mass is 35.5. The third kappa shape index (κ3) is 4.75. The van der Waals surface area contributed by atoms with Crippen LogP contribution in [0.5, 0.6) is 0 Å². The average Bonchev–Trinajstić information content (AvgIpc) is 2.71. The molecule has 162 valence electrons. The van der Waals surface area contributed by atoms with Crippen LogP contribution in [-0.4, -0.2) is 44.7 Å². The number of pyridine rings is 1. The minimum atomic E-state index is -4.52. The molecule has 0 aromatic carbocycles. The minimum Gasteiger partial charge on any atom is -0.380 e. The number of likely N-dealkylation sites (tertiary alicyclic amines) is 1. The second kappa shape index (κ2) is 8.63. The largest absolute Gasteiger partial charge is 0.417 e. The van der Waals surface area contributed by atoms with Gasteiger partial charge in [0.2, 0.25) is 5.91 Å². The number of carbonyl (C=O) groups excluding carboxylic acids is 1. The summed E-state index contributed by atoms with van der Waals surface area (Å²) in [6.45, 7) is 4.93. The monoisotopic (exact) mass is 443 g/mol. The van der Waals surface area contributed by atoms with E-state index in [-0.39, 0.29) is 28.7 Å². The molecule has 1 aliphatic heterocycles. The van der Waals surface area contributed by atoms with Crippen molar-refractivity contribution in [3.05, 3.63) is 45.5 Å². The highest BCUT2D eigenvalue weighted by Gasteiger charge is 2.31. The summed E-state index contributed by atoms with van der Waals surface area (Å²) in [7, 11) is 0. The Bertz CT molecular complexity index is 968. The molecular weight excluding hydrogens is 423 g/mol. The number of alkyl halides is 3. The van der Waals surface area contributed by atoms with Crippen molar-refractivity contribution in [2.75, 3.05) is 18.4 Å². The molecule has 30 heavy (non-hydrogen) atoms. The van der Waals surface area contributed by atoms with Crippen molar-refractivity contribution in [2.45, 2.75) is 38.9 Å². The molecule has 1 N–H and O–H groups in total. The van der Waals surface area contributed by atoms with E-state index in [1.807, 2.05) is 18.7 Å². The van der Waals surface area contributed by atoms with E-state index in [9.17, 15) is 22.8 Å². The fourth-order valence-corrected chi connectivity index (χ4v) is 3.39. The summed E-state index contributed by atoms with van der Waals surface area (Å²) in [5, 5.41) is 7.02. The maximum absolute atomic E-state index is 12.7. The lowest BCUT2D eigenvalue weighted by Gasteiger charge is -2.33. The number of piperidine rings is 1. The molecule has 0 spiro atoms. The normalized spacial score (nSPS) is 15.5. The first kappa shape index (κ1) is 22.1. The predicted molar refractivity (Wildman–Crippen MR) is 106 cm³/mol. The number of nitrogens with one attached hydrogen (secondary N) is 1. The van der Waals surface area contributed by atoms with Crippen LogP contribution in [0.3, 0.4) is 0 Å². The molecular formula is C19H21ClF3N5O2. The number of rotatable bonds is 4. The zero-order chi connectivity index (χ0) is 22.1. The predicted octanol–water partition coefficient (Wildman–Crippen LogP) is 3.36. The lowest BCUT2D eigenvalue weighted by Crippen LogP contribution is -2.44.